The summed E-state index contributed by atoms with van der Waals surface area (Å²) >= 11 is 0. The quantitative estimate of drug-likeness (QED) is 0.207. The fraction of sp³-hybridized carbons (Fsp3) is 0.114. The summed E-state index contributed by atoms with van der Waals surface area (Å²) in [7, 11) is 0. The Kier molecular flexibility index (Phi) is 7.09. The molecule has 6 aromatic rings. The van der Waals surface area contributed by atoms with Crippen molar-refractivity contribution in [3.05, 3.63) is 133 Å². The van der Waals surface area contributed by atoms with Gasteiger partial charge in [0.15, 0.2) is 11.6 Å². The van der Waals surface area contributed by atoms with Crippen molar-refractivity contribution in [2.75, 3.05) is 0 Å². The number of aryl methyl sites for hydroxylation is 1. The third-order valence-corrected chi connectivity index (χ3v) is 7.06. The Labute approximate surface area is 229 Å². The van der Waals surface area contributed by atoms with Gasteiger partial charge in [0.05, 0.1) is 0 Å². The first-order chi connectivity index (χ1) is 19.3. The van der Waals surface area contributed by atoms with Gasteiger partial charge in [-0.2, -0.15) is 0 Å². The van der Waals surface area contributed by atoms with Crippen LogP contribution < -0.4 is 0 Å². The van der Waals surface area contributed by atoms with Crippen LogP contribution in [0.4, 0.5) is 0 Å². The van der Waals surface area contributed by atoms with Gasteiger partial charge in [0.25, 0.3) is 0 Å². The number of unbranched alkanes of at least 4 members (excludes halogenated alkanes) is 1. The molecular formula is C35H30N4. The zero-order chi connectivity index (χ0) is 26.4. The maximum atomic E-state index is 4.70. The zero-order valence-electron chi connectivity index (χ0n) is 22.0. The molecule has 4 nitrogen and oxygen atoms in total. The predicted octanol–water partition coefficient (Wildman–Crippen LogP) is 8.67. The number of hydrogen-bond donors (Lipinski definition) is 0. The first kappa shape index (κ1) is 24.5. The van der Waals surface area contributed by atoms with E-state index in [9.17, 15) is 0 Å². The van der Waals surface area contributed by atoms with Gasteiger partial charge in [-0.25, -0.2) is 0 Å². The first-order valence-corrected chi connectivity index (χ1v) is 13.5. The molecular weight excluding hydrogens is 476 g/mol. The molecule has 2 aromatic heterocycles. The van der Waals surface area contributed by atoms with Crippen molar-refractivity contribution in [1.29, 1.82) is 0 Å². The summed E-state index contributed by atoms with van der Waals surface area (Å²) in [6.07, 6.45) is 7.17. The molecule has 0 aliphatic rings. The summed E-state index contributed by atoms with van der Waals surface area (Å²) in [5, 5.41) is 9.39. The lowest BCUT2D eigenvalue weighted by Gasteiger charge is -2.13. The number of pyridine rings is 1. The smallest absolute Gasteiger partial charge is 0.168 e. The molecule has 0 saturated carbocycles. The number of aromatic nitrogens is 4. The molecule has 0 fully saturated rings. The number of nitrogens with zero attached hydrogens (tertiary/aromatic N) is 4. The van der Waals surface area contributed by atoms with Gasteiger partial charge in [-0.1, -0.05) is 110 Å². The second-order valence-corrected chi connectivity index (χ2v) is 9.72. The molecule has 0 bridgehead atoms. The Bertz CT molecular complexity index is 1640. The highest BCUT2D eigenvalue weighted by Crippen LogP contribution is 2.31. The lowest BCUT2D eigenvalue weighted by atomic mass is 10.0. The van der Waals surface area contributed by atoms with E-state index in [1.165, 1.54) is 29.5 Å². The van der Waals surface area contributed by atoms with Gasteiger partial charge in [0, 0.05) is 29.2 Å². The number of hydrogen-bond acceptors (Lipinski definition) is 3. The van der Waals surface area contributed by atoms with Crippen LogP contribution in [0.2, 0.25) is 0 Å². The van der Waals surface area contributed by atoms with Gasteiger partial charge in [-0.3, -0.25) is 9.55 Å². The van der Waals surface area contributed by atoms with Crippen LogP contribution in [-0.2, 0) is 6.42 Å². The first-order valence-electron chi connectivity index (χ1n) is 13.5. The minimum Gasteiger partial charge on any atom is -0.275 e. The van der Waals surface area contributed by atoms with Crippen molar-refractivity contribution < 1.29 is 0 Å². The van der Waals surface area contributed by atoms with Crippen LogP contribution in [0.3, 0.4) is 0 Å². The molecule has 0 unspecified atom stereocenters. The van der Waals surface area contributed by atoms with E-state index in [1.807, 2.05) is 18.3 Å². The second-order valence-electron chi connectivity index (χ2n) is 9.72. The van der Waals surface area contributed by atoms with E-state index < -0.39 is 0 Å². The Morgan fingerprint density at radius 1 is 0.538 bits per heavy atom. The highest BCUT2D eigenvalue weighted by atomic mass is 15.3. The molecule has 39 heavy (non-hydrogen) atoms. The SMILES string of the molecule is CCCCc1ccc(-c2nnc(-c3ccc(-c4ccccc4)cc3)n2-c2ccc(-c3cccnc3)cc2)cc1. The normalized spacial score (nSPS) is 11.0. The summed E-state index contributed by atoms with van der Waals surface area (Å²) in [5.41, 5.74) is 9.01. The molecule has 0 radical (unpaired) electrons. The maximum absolute atomic E-state index is 4.70. The molecule has 0 aliphatic heterocycles. The Balaban J connectivity index is 1.41. The predicted molar refractivity (Wildman–Crippen MR) is 160 cm³/mol. The van der Waals surface area contributed by atoms with Crippen LogP contribution in [0.25, 0.3) is 50.7 Å². The van der Waals surface area contributed by atoms with E-state index in [-0.39, 0.29) is 0 Å². The molecule has 2 heterocycles. The van der Waals surface area contributed by atoms with Gasteiger partial charge in [-0.05, 0) is 58.9 Å². The van der Waals surface area contributed by atoms with Gasteiger partial charge < -0.3 is 0 Å². The number of rotatable bonds is 8. The minimum absolute atomic E-state index is 0.814. The average molecular weight is 507 g/mol. The molecule has 0 saturated heterocycles. The third kappa shape index (κ3) is 5.27. The van der Waals surface area contributed by atoms with Crippen molar-refractivity contribution in [3.8, 4) is 50.7 Å². The van der Waals surface area contributed by atoms with Gasteiger partial charge in [-0.15, -0.1) is 10.2 Å². The van der Waals surface area contributed by atoms with Crippen LogP contribution in [-0.4, -0.2) is 19.7 Å². The maximum Gasteiger partial charge on any atom is 0.168 e. The minimum atomic E-state index is 0.814. The van der Waals surface area contributed by atoms with E-state index >= 15 is 0 Å². The van der Waals surface area contributed by atoms with E-state index in [4.69, 9.17) is 10.2 Å². The van der Waals surface area contributed by atoms with Gasteiger partial charge in [0.2, 0.25) is 0 Å². The van der Waals surface area contributed by atoms with E-state index in [2.05, 4.69) is 120 Å². The fourth-order valence-electron chi connectivity index (χ4n) is 4.88. The monoisotopic (exact) mass is 506 g/mol. The van der Waals surface area contributed by atoms with Gasteiger partial charge in [0.1, 0.15) is 0 Å². The largest absolute Gasteiger partial charge is 0.275 e. The van der Waals surface area contributed by atoms with E-state index in [0.717, 1.165) is 46.0 Å². The Hall–Kier alpha value is -4.83. The van der Waals surface area contributed by atoms with Crippen molar-refractivity contribution in [2.24, 2.45) is 0 Å². The van der Waals surface area contributed by atoms with Crippen LogP contribution in [0.1, 0.15) is 25.3 Å². The molecule has 190 valence electrons. The average Bonchev–Trinajstić information content (AvgIpc) is 3.46. The summed E-state index contributed by atoms with van der Waals surface area (Å²) in [6, 6.07) is 40.3. The summed E-state index contributed by atoms with van der Waals surface area (Å²) in [6.45, 7) is 2.23. The summed E-state index contributed by atoms with van der Waals surface area (Å²) in [5.74, 6) is 1.64. The Morgan fingerprint density at radius 3 is 1.69 bits per heavy atom. The van der Waals surface area contributed by atoms with Crippen molar-refractivity contribution >= 4 is 0 Å². The molecule has 0 amide bonds. The molecule has 0 spiro atoms. The lowest BCUT2D eigenvalue weighted by Crippen LogP contribution is -2.00. The highest BCUT2D eigenvalue weighted by molar-refractivity contribution is 5.72. The van der Waals surface area contributed by atoms with Crippen LogP contribution in [0, 0.1) is 0 Å². The summed E-state index contributed by atoms with van der Waals surface area (Å²) < 4.78 is 2.16. The van der Waals surface area contributed by atoms with Crippen molar-refractivity contribution in [2.45, 2.75) is 26.2 Å². The van der Waals surface area contributed by atoms with Crippen molar-refractivity contribution in [1.82, 2.24) is 19.7 Å². The van der Waals surface area contributed by atoms with Crippen molar-refractivity contribution in [3.63, 3.8) is 0 Å². The van der Waals surface area contributed by atoms with E-state index in [0.29, 0.717) is 0 Å². The second kappa shape index (κ2) is 11.3. The van der Waals surface area contributed by atoms with Crippen LogP contribution in [0.5, 0.6) is 0 Å². The topological polar surface area (TPSA) is 43.6 Å². The zero-order valence-corrected chi connectivity index (χ0v) is 22.0. The third-order valence-electron chi connectivity index (χ3n) is 7.06. The van der Waals surface area contributed by atoms with Crippen LogP contribution >= 0.6 is 0 Å². The summed E-state index contributed by atoms with van der Waals surface area (Å²) in [4.78, 5) is 4.27. The lowest BCUT2D eigenvalue weighted by molar-refractivity contribution is 0.795. The van der Waals surface area contributed by atoms with Gasteiger partial charge >= 0.3 is 0 Å². The molecule has 4 heteroatoms. The van der Waals surface area contributed by atoms with Crippen LogP contribution in [0.15, 0.2) is 128 Å². The molecule has 0 N–H and O–H groups in total. The highest BCUT2D eigenvalue weighted by Gasteiger charge is 2.18. The molecule has 0 aliphatic carbocycles. The molecule has 6 rings (SSSR count). The van der Waals surface area contributed by atoms with E-state index in [1.54, 1.807) is 6.20 Å². The molecule has 4 aromatic carbocycles. The fourth-order valence-corrected chi connectivity index (χ4v) is 4.88. The standard InChI is InChI=1S/C35H30N4/c1-2-3-8-26-12-14-30(15-13-26)34-37-38-35(31-18-16-28(17-19-31)27-9-5-4-6-10-27)39(34)33-22-20-29(21-23-33)32-11-7-24-36-25-32/h4-7,9-25H,2-3,8H2,1H3. The molecule has 0 atom stereocenters. The number of benzene rings is 4. The Morgan fingerprint density at radius 2 is 1.08 bits per heavy atom.